The second-order valence-electron chi connectivity index (χ2n) is 6.74. The van der Waals surface area contributed by atoms with Gasteiger partial charge in [-0.25, -0.2) is 4.39 Å². The first-order valence-corrected chi connectivity index (χ1v) is 9.59. The van der Waals surface area contributed by atoms with Gasteiger partial charge in [-0.05, 0) is 41.5 Å². The van der Waals surface area contributed by atoms with Gasteiger partial charge in [0.15, 0.2) is 0 Å². The summed E-state index contributed by atoms with van der Waals surface area (Å²) in [7, 11) is 0. The number of benzene rings is 2. The van der Waals surface area contributed by atoms with E-state index in [-0.39, 0.29) is 23.5 Å². The summed E-state index contributed by atoms with van der Waals surface area (Å²) in [6.45, 7) is 0.142. The Morgan fingerprint density at radius 2 is 1.77 bits per heavy atom. The summed E-state index contributed by atoms with van der Waals surface area (Å²) in [4.78, 5) is 14.5. The molecule has 160 valence electrons. The molecule has 0 spiro atoms. The predicted octanol–water partition coefficient (Wildman–Crippen LogP) is 3.63. The van der Waals surface area contributed by atoms with Crippen molar-refractivity contribution < 1.29 is 27.4 Å². The number of nitrogens with zero attached hydrogens (tertiary/aromatic N) is 1. The molecular weight excluding hydrogens is 397 g/mol. The van der Waals surface area contributed by atoms with E-state index in [2.05, 4.69) is 15.0 Å². The molecule has 1 unspecified atom stereocenters. The summed E-state index contributed by atoms with van der Waals surface area (Å²) in [6, 6.07) is 12.1. The Labute approximate surface area is 173 Å². The minimum absolute atomic E-state index is 0.0549. The van der Waals surface area contributed by atoms with Crippen LogP contribution in [0.2, 0.25) is 0 Å². The quantitative estimate of drug-likeness (QED) is 0.663. The summed E-state index contributed by atoms with van der Waals surface area (Å²) >= 11 is 0. The molecule has 0 aliphatic carbocycles. The molecule has 1 fully saturated rings. The summed E-state index contributed by atoms with van der Waals surface area (Å²) < 4.78 is 47.4. The van der Waals surface area contributed by atoms with Gasteiger partial charge in [-0.2, -0.15) is 8.78 Å². The predicted molar refractivity (Wildman–Crippen MR) is 107 cm³/mol. The van der Waals surface area contributed by atoms with Crippen molar-refractivity contribution >= 4 is 12.0 Å². The van der Waals surface area contributed by atoms with E-state index in [1.54, 1.807) is 30.3 Å². The zero-order valence-electron chi connectivity index (χ0n) is 16.3. The molecule has 1 aliphatic heterocycles. The van der Waals surface area contributed by atoms with E-state index in [1.807, 2.05) is 0 Å². The van der Waals surface area contributed by atoms with Crippen LogP contribution in [0.15, 0.2) is 54.6 Å². The van der Waals surface area contributed by atoms with Crippen LogP contribution < -0.4 is 10.1 Å². The Balaban J connectivity index is 1.59. The van der Waals surface area contributed by atoms with Crippen LogP contribution in [0.4, 0.5) is 13.2 Å². The lowest BCUT2D eigenvalue weighted by atomic mass is 10.0. The second kappa shape index (κ2) is 10.8. The van der Waals surface area contributed by atoms with Gasteiger partial charge in [0.1, 0.15) is 11.6 Å². The average Bonchev–Trinajstić information content (AvgIpc) is 2.75. The van der Waals surface area contributed by atoms with Crippen LogP contribution in [0.25, 0.3) is 6.08 Å². The Morgan fingerprint density at radius 1 is 1.10 bits per heavy atom. The van der Waals surface area contributed by atoms with E-state index in [9.17, 15) is 18.0 Å². The van der Waals surface area contributed by atoms with Crippen molar-refractivity contribution in [1.29, 1.82) is 0 Å². The van der Waals surface area contributed by atoms with E-state index in [0.717, 1.165) is 18.7 Å². The smallest absolute Gasteiger partial charge is 0.387 e. The van der Waals surface area contributed by atoms with Crippen molar-refractivity contribution in [3.05, 3.63) is 71.6 Å². The van der Waals surface area contributed by atoms with Crippen molar-refractivity contribution in [2.24, 2.45) is 0 Å². The average molecular weight is 420 g/mol. The number of amides is 1. The maximum Gasteiger partial charge on any atom is 0.387 e. The van der Waals surface area contributed by atoms with E-state index in [4.69, 9.17) is 4.74 Å². The fourth-order valence-corrected chi connectivity index (χ4v) is 3.22. The number of ether oxygens (including phenoxy) is 2. The minimum atomic E-state index is -2.88. The highest BCUT2D eigenvalue weighted by Crippen LogP contribution is 2.22. The van der Waals surface area contributed by atoms with Crippen LogP contribution in [0.5, 0.6) is 5.75 Å². The lowest BCUT2D eigenvalue weighted by Crippen LogP contribution is -2.43. The summed E-state index contributed by atoms with van der Waals surface area (Å²) in [6.07, 6.45) is 2.97. The van der Waals surface area contributed by atoms with E-state index in [0.29, 0.717) is 25.3 Å². The lowest BCUT2D eigenvalue weighted by Gasteiger charge is -2.34. The number of hydrogen-bond donors (Lipinski definition) is 1. The minimum Gasteiger partial charge on any atom is -0.435 e. The molecule has 1 amide bonds. The van der Waals surface area contributed by atoms with E-state index >= 15 is 0 Å². The highest BCUT2D eigenvalue weighted by atomic mass is 19.3. The number of carbonyl (C=O) groups is 1. The number of alkyl halides is 2. The normalized spacial score (nSPS) is 16.0. The number of halogens is 3. The van der Waals surface area contributed by atoms with Gasteiger partial charge in [-0.15, -0.1) is 0 Å². The Bertz CT molecular complexity index is 836. The number of hydrogen-bond acceptors (Lipinski definition) is 4. The summed E-state index contributed by atoms with van der Waals surface area (Å²) in [5, 5.41) is 2.88. The number of nitrogens with one attached hydrogen (secondary N) is 1. The molecule has 0 saturated carbocycles. The third kappa shape index (κ3) is 6.60. The van der Waals surface area contributed by atoms with Gasteiger partial charge < -0.3 is 14.8 Å². The monoisotopic (exact) mass is 420 g/mol. The summed E-state index contributed by atoms with van der Waals surface area (Å²) in [5.74, 6) is -0.543. The van der Waals surface area contributed by atoms with Crippen LogP contribution in [-0.2, 0) is 9.53 Å². The van der Waals surface area contributed by atoms with Crippen molar-refractivity contribution in [3.8, 4) is 5.75 Å². The first-order valence-electron chi connectivity index (χ1n) is 9.59. The number of morpholine rings is 1. The van der Waals surface area contributed by atoms with Gasteiger partial charge >= 0.3 is 6.61 Å². The third-order valence-electron chi connectivity index (χ3n) is 4.74. The molecule has 2 aromatic rings. The lowest BCUT2D eigenvalue weighted by molar-refractivity contribution is -0.116. The molecule has 1 aliphatic rings. The Hall–Kier alpha value is -2.84. The highest BCUT2D eigenvalue weighted by molar-refractivity contribution is 5.91. The molecule has 30 heavy (non-hydrogen) atoms. The molecule has 1 saturated heterocycles. The molecule has 5 nitrogen and oxygen atoms in total. The van der Waals surface area contributed by atoms with Crippen LogP contribution in [0.1, 0.15) is 17.2 Å². The molecule has 1 heterocycles. The summed E-state index contributed by atoms with van der Waals surface area (Å²) in [5.41, 5.74) is 1.59. The topological polar surface area (TPSA) is 50.8 Å². The van der Waals surface area contributed by atoms with Crippen molar-refractivity contribution in [1.82, 2.24) is 10.2 Å². The van der Waals surface area contributed by atoms with Gasteiger partial charge in [-0.3, -0.25) is 9.69 Å². The van der Waals surface area contributed by atoms with Crippen molar-refractivity contribution in [3.63, 3.8) is 0 Å². The number of carbonyl (C=O) groups excluding carboxylic acids is 1. The van der Waals surface area contributed by atoms with Crippen molar-refractivity contribution in [2.45, 2.75) is 12.7 Å². The highest BCUT2D eigenvalue weighted by Gasteiger charge is 2.23. The van der Waals surface area contributed by atoms with Gasteiger partial charge in [-0.1, -0.05) is 24.3 Å². The van der Waals surface area contributed by atoms with Gasteiger partial charge in [0, 0.05) is 25.7 Å². The largest absolute Gasteiger partial charge is 0.435 e. The molecule has 2 aromatic carbocycles. The third-order valence-corrected chi connectivity index (χ3v) is 4.74. The molecule has 3 rings (SSSR count). The molecule has 1 atom stereocenters. The van der Waals surface area contributed by atoms with E-state index < -0.39 is 6.61 Å². The number of rotatable bonds is 8. The fourth-order valence-electron chi connectivity index (χ4n) is 3.22. The van der Waals surface area contributed by atoms with Crippen LogP contribution in [-0.4, -0.2) is 50.3 Å². The second-order valence-corrected chi connectivity index (χ2v) is 6.74. The molecule has 0 radical (unpaired) electrons. The van der Waals surface area contributed by atoms with Crippen molar-refractivity contribution in [2.75, 3.05) is 32.8 Å². The van der Waals surface area contributed by atoms with Crippen LogP contribution >= 0.6 is 0 Å². The zero-order valence-corrected chi connectivity index (χ0v) is 16.3. The van der Waals surface area contributed by atoms with Gasteiger partial charge in [0.05, 0.1) is 19.3 Å². The zero-order chi connectivity index (χ0) is 21.3. The maximum atomic E-state index is 13.3. The first kappa shape index (κ1) is 21.9. The Kier molecular flexibility index (Phi) is 7.87. The van der Waals surface area contributed by atoms with E-state index in [1.165, 1.54) is 30.3 Å². The van der Waals surface area contributed by atoms with Crippen LogP contribution in [0.3, 0.4) is 0 Å². The van der Waals surface area contributed by atoms with Crippen LogP contribution in [0, 0.1) is 5.82 Å². The maximum absolute atomic E-state index is 13.3. The first-order chi connectivity index (χ1) is 14.5. The van der Waals surface area contributed by atoms with Gasteiger partial charge in [0.25, 0.3) is 0 Å². The molecule has 0 aromatic heterocycles. The van der Waals surface area contributed by atoms with Gasteiger partial charge in [0.2, 0.25) is 5.91 Å². The fraction of sp³-hybridized carbons (Fsp3) is 0.318. The molecule has 1 N–H and O–H groups in total. The Morgan fingerprint density at radius 3 is 2.40 bits per heavy atom. The molecule has 8 heteroatoms. The molecular formula is C22H23F3N2O3. The standard InChI is InChI=1S/C22H23F3N2O3/c23-18-6-4-17(5-7-18)20(27-11-13-29-14-12-27)15-26-21(28)10-3-16-1-8-19(9-2-16)30-22(24)25/h1-10,20,22H,11-15H2,(H,26,28)/b10-3+. The SMILES string of the molecule is O=C(/C=C/c1ccc(OC(F)F)cc1)NCC(c1ccc(F)cc1)N1CCOCC1. The molecule has 0 bridgehead atoms.